The Bertz CT molecular complexity index is 1200. The van der Waals surface area contributed by atoms with Gasteiger partial charge < -0.3 is 36.2 Å². The van der Waals surface area contributed by atoms with E-state index in [9.17, 15) is 10.2 Å². The van der Waals surface area contributed by atoms with Crippen LogP contribution in [0.2, 0.25) is 0 Å². The number of fused-ring (bicyclic) bond motifs is 5. The average molecular weight is 725 g/mol. The fraction of sp³-hybridized carbons (Fsp3) is 0.867. The number of benzene rings is 1. The Kier molecular flexibility index (Phi) is 16.1. The number of rotatable bonds is 22. The van der Waals surface area contributed by atoms with Crippen LogP contribution in [0.4, 0.5) is 0 Å². The van der Waals surface area contributed by atoms with Crippen LogP contribution >= 0.6 is 0 Å². The van der Waals surface area contributed by atoms with Crippen molar-refractivity contribution in [1.29, 1.82) is 0 Å². The van der Waals surface area contributed by atoms with Crippen molar-refractivity contribution in [3.05, 3.63) is 23.8 Å². The molecule has 4 aliphatic rings. The predicted molar refractivity (Wildman–Crippen MR) is 217 cm³/mol. The molecule has 4 aliphatic carbocycles. The Hall–Kier alpha value is -1.38. The van der Waals surface area contributed by atoms with Crippen molar-refractivity contribution in [2.24, 2.45) is 52.3 Å². The van der Waals surface area contributed by atoms with Gasteiger partial charge in [-0.3, -0.25) is 0 Å². The third kappa shape index (κ3) is 10.5. The first-order chi connectivity index (χ1) is 25.1. The molecule has 0 spiro atoms. The largest absolute Gasteiger partial charge is 0.504 e. The molecule has 4 fully saturated rings. The lowest BCUT2D eigenvalue weighted by Crippen LogP contribution is -2.59. The van der Waals surface area contributed by atoms with Gasteiger partial charge in [0.25, 0.3) is 0 Å². The number of aliphatic hydroxyl groups excluding tert-OH is 1. The van der Waals surface area contributed by atoms with Gasteiger partial charge in [-0.1, -0.05) is 59.9 Å². The van der Waals surface area contributed by atoms with Crippen molar-refractivity contribution in [3.8, 4) is 11.5 Å². The number of ether oxygens (including phenoxy) is 1. The maximum Gasteiger partial charge on any atom is 0.160 e. The van der Waals surface area contributed by atoms with Gasteiger partial charge in [-0.2, -0.15) is 0 Å². The van der Waals surface area contributed by atoms with E-state index >= 15 is 0 Å². The van der Waals surface area contributed by atoms with Gasteiger partial charge in [0.1, 0.15) is 0 Å². The fourth-order valence-corrected chi connectivity index (χ4v) is 12.1. The molecule has 0 radical (unpaired) electrons. The monoisotopic (exact) mass is 725 g/mol. The Morgan fingerprint density at radius 2 is 1.44 bits per heavy atom. The molecular weight excluding hydrogens is 645 g/mol. The third-order valence-electron chi connectivity index (χ3n) is 15.1. The first-order valence-electron chi connectivity index (χ1n) is 22.0. The van der Waals surface area contributed by atoms with Gasteiger partial charge in [-0.15, -0.1) is 0 Å². The number of phenols is 1. The van der Waals surface area contributed by atoms with E-state index in [0.717, 1.165) is 93.8 Å². The number of phenolic OH excluding ortho intramolecular Hbond substituents is 1. The minimum Gasteiger partial charge on any atom is -0.504 e. The number of unbranched alkanes of at least 4 members (excludes halogenated alkanes) is 1. The number of hydrogen-bond acceptors (Lipinski definition) is 7. The van der Waals surface area contributed by atoms with Crippen molar-refractivity contribution in [2.45, 2.75) is 150 Å². The molecule has 4 saturated carbocycles. The van der Waals surface area contributed by atoms with Gasteiger partial charge in [0.15, 0.2) is 11.5 Å². The minimum absolute atomic E-state index is 0.0921. The van der Waals surface area contributed by atoms with Crippen LogP contribution in [-0.2, 0) is 6.54 Å². The fourth-order valence-electron chi connectivity index (χ4n) is 12.1. The zero-order valence-electron chi connectivity index (χ0n) is 34.3. The highest BCUT2D eigenvalue weighted by atomic mass is 16.5. The summed E-state index contributed by atoms with van der Waals surface area (Å²) < 4.78 is 5.11. The lowest BCUT2D eigenvalue weighted by Gasteiger charge is -2.62. The van der Waals surface area contributed by atoms with Crippen molar-refractivity contribution in [1.82, 2.24) is 21.3 Å². The number of aromatic hydroxyl groups is 1. The highest BCUT2D eigenvalue weighted by molar-refractivity contribution is 5.41. The van der Waals surface area contributed by atoms with Crippen LogP contribution in [0.25, 0.3) is 0 Å². The number of methoxy groups -OCH3 is 1. The summed E-state index contributed by atoms with van der Waals surface area (Å²) in [5.74, 6) is 5.88. The first kappa shape index (κ1) is 41.8. The second kappa shape index (κ2) is 20.0. The van der Waals surface area contributed by atoms with Gasteiger partial charge in [0, 0.05) is 12.6 Å². The van der Waals surface area contributed by atoms with E-state index in [-0.39, 0.29) is 11.9 Å². The van der Waals surface area contributed by atoms with Gasteiger partial charge >= 0.3 is 0 Å². The van der Waals surface area contributed by atoms with Crippen molar-refractivity contribution >= 4 is 0 Å². The van der Waals surface area contributed by atoms with Crippen LogP contribution in [0.15, 0.2) is 18.2 Å². The van der Waals surface area contributed by atoms with Crippen LogP contribution in [0.1, 0.15) is 136 Å². The highest BCUT2D eigenvalue weighted by Gasteiger charge is 2.62. The Morgan fingerprint density at radius 1 is 0.769 bits per heavy atom. The van der Waals surface area contributed by atoms with Crippen molar-refractivity contribution in [3.63, 3.8) is 0 Å². The molecule has 7 nitrogen and oxygen atoms in total. The lowest BCUT2D eigenvalue weighted by molar-refractivity contribution is -0.167. The molecule has 0 amide bonds. The van der Waals surface area contributed by atoms with Gasteiger partial charge in [0.2, 0.25) is 0 Å². The lowest BCUT2D eigenvalue weighted by atomic mass is 9.43. The van der Waals surface area contributed by atoms with Crippen LogP contribution in [-0.4, -0.2) is 68.7 Å². The zero-order chi connectivity index (χ0) is 37.1. The third-order valence-corrected chi connectivity index (χ3v) is 15.1. The molecule has 0 aromatic heterocycles. The van der Waals surface area contributed by atoms with E-state index in [4.69, 9.17) is 4.74 Å². The minimum atomic E-state index is -0.0921. The summed E-state index contributed by atoms with van der Waals surface area (Å²) in [6, 6.07) is 6.18. The molecule has 52 heavy (non-hydrogen) atoms. The number of nitrogens with one attached hydrogen (secondary N) is 4. The van der Waals surface area contributed by atoms with Crippen LogP contribution in [0.5, 0.6) is 11.5 Å². The molecule has 0 saturated heterocycles. The van der Waals surface area contributed by atoms with Crippen LogP contribution in [0.3, 0.4) is 0 Å². The molecule has 3 unspecified atom stereocenters. The van der Waals surface area contributed by atoms with E-state index in [1.54, 1.807) is 13.2 Å². The quantitative estimate of drug-likeness (QED) is 0.0671. The predicted octanol–water partition coefficient (Wildman–Crippen LogP) is 8.28. The molecule has 6 N–H and O–H groups in total. The van der Waals surface area contributed by atoms with E-state index in [1.807, 2.05) is 12.1 Å². The average Bonchev–Trinajstić information content (AvgIpc) is 3.47. The summed E-state index contributed by atoms with van der Waals surface area (Å²) in [4.78, 5) is 0. The molecule has 10 atom stereocenters. The first-order valence-corrected chi connectivity index (χ1v) is 22.0. The molecule has 0 aliphatic heterocycles. The Balaban J connectivity index is 0.901. The van der Waals surface area contributed by atoms with Crippen molar-refractivity contribution in [2.75, 3.05) is 46.4 Å². The summed E-state index contributed by atoms with van der Waals surface area (Å²) in [5, 5.41) is 36.4. The highest BCUT2D eigenvalue weighted by Crippen LogP contribution is 2.68. The molecular formula is C45H80N4O3. The van der Waals surface area contributed by atoms with E-state index in [1.165, 1.54) is 83.5 Å². The molecule has 7 heteroatoms. The maximum atomic E-state index is 11.9. The normalized spacial score (nSPS) is 33.4. The van der Waals surface area contributed by atoms with E-state index < -0.39 is 0 Å². The van der Waals surface area contributed by atoms with Gasteiger partial charge in [-0.05, 0) is 186 Å². The Morgan fingerprint density at radius 3 is 2.15 bits per heavy atom. The van der Waals surface area contributed by atoms with Gasteiger partial charge in [-0.25, -0.2) is 0 Å². The molecule has 0 bridgehead atoms. The number of hydrogen-bond donors (Lipinski definition) is 6. The zero-order valence-corrected chi connectivity index (χ0v) is 34.3. The topological polar surface area (TPSA) is 97.8 Å². The SMILES string of the molecule is COc1ccc(CNCCCNCCCCNCCCN[C@H]2CC[C@]3(C)C4CC[C@@]5(C)C(CC[C@@H]5[C@H](C)CCCC(C)C)C4[C@@H](O)C[C@@H]3C2)cc1O. The molecule has 1 aromatic carbocycles. The standard InChI is InChI=1S/C45H80N4O3/c1-32(2)12-9-13-33(3)37-15-16-38-43-39(19-21-45(37,38)5)44(4)20-18-36(29-35(44)30-41(43)51)49-27-11-25-47-23-8-7-22-46-24-10-26-48-31-34-14-17-42(52-6)40(50)28-34/h14,17,28,32-33,35-39,41,43,46-51H,7-13,15-16,18-27,29-31H2,1-6H3/t33-,35+,36+,37-,38?,39?,41+,43?,44+,45-/m1/s1. The van der Waals surface area contributed by atoms with Crippen molar-refractivity contribution < 1.29 is 14.9 Å². The molecule has 298 valence electrons. The summed E-state index contributed by atoms with van der Waals surface area (Å²) in [7, 11) is 1.57. The molecule has 5 rings (SSSR count). The molecule has 0 heterocycles. The summed E-state index contributed by atoms with van der Waals surface area (Å²) >= 11 is 0. The van der Waals surface area contributed by atoms with E-state index in [0.29, 0.717) is 34.5 Å². The second-order valence-electron chi connectivity index (χ2n) is 18.8. The summed E-state index contributed by atoms with van der Waals surface area (Å²) in [5.41, 5.74) is 1.92. The molecule has 1 aromatic rings. The maximum absolute atomic E-state index is 11.9. The smallest absolute Gasteiger partial charge is 0.160 e. The van der Waals surface area contributed by atoms with Crippen LogP contribution in [0, 0.1) is 52.3 Å². The summed E-state index contributed by atoms with van der Waals surface area (Å²) in [6.07, 6.45) is 19.2. The number of aliphatic hydroxyl groups is 1. The van der Waals surface area contributed by atoms with E-state index in [2.05, 4.69) is 55.9 Å². The van der Waals surface area contributed by atoms with Gasteiger partial charge in [0.05, 0.1) is 13.2 Å². The Labute approximate surface area is 319 Å². The van der Waals surface area contributed by atoms with Crippen LogP contribution < -0.4 is 26.0 Å². The summed E-state index contributed by atoms with van der Waals surface area (Å²) in [6.45, 7) is 19.7. The second-order valence-corrected chi connectivity index (χ2v) is 18.8.